The van der Waals surface area contributed by atoms with Gasteiger partial charge in [-0.3, -0.25) is 4.79 Å². The van der Waals surface area contributed by atoms with Crippen LogP contribution in [0.25, 0.3) is 0 Å². The summed E-state index contributed by atoms with van der Waals surface area (Å²) in [5.41, 5.74) is 0.942. The Kier molecular flexibility index (Phi) is 4.89. The highest BCUT2D eigenvalue weighted by Gasteiger charge is 2.27. The highest BCUT2D eigenvalue weighted by Crippen LogP contribution is 2.22. The number of halogens is 1. The molecule has 0 aliphatic carbocycles. The number of likely N-dealkylation sites (N-methyl/N-ethyl adjacent to an activating group) is 1. The Bertz CT molecular complexity index is 487. The summed E-state index contributed by atoms with van der Waals surface area (Å²) >= 11 is 5.98. The van der Waals surface area contributed by atoms with Crippen LogP contribution in [0.15, 0.2) is 18.2 Å². The molecule has 1 N–H and O–H groups in total. The summed E-state index contributed by atoms with van der Waals surface area (Å²) in [6.45, 7) is 5.52. The number of nitrogens with one attached hydrogen (secondary N) is 1. The van der Waals surface area contributed by atoms with Gasteiger partial charge in [0, 0.05) is 24.7 Å². The minimum Gasteiger partial charge on any atom is -0.481 e. The lowest BCUT2D eigenvalue weighted by Crippen LogP contribution is -2.44. The number of amides is 1. The second kappa shape index (κ2) is 6.46. The van der Waals surface area contributed by atoms with Crippen LogP contribution in [-0.2, 0) is 4.79 Å². The van der Waals surface area contributed by atoms with E-state index in [1.54, 1.807) is 24.0 Å². The molecule has 1 aliphatic rings. The van der Waals surface area contributed by atoms with Gasteiger partial charge in [-0.05, 0) is 50.6 Å². The highest BCUT2D eigenvalue weighted by molar-refractivity contribution is 6.31. The standard InChI is InChI=1S/C15H21ClN2O2/c1-10-8-13(4-5-14(10)16)20-11(2)15(19)18(3)12-6-7-17-9-12/h4-5,8,11-12,17H,6-7,9H2,1-3H3. The van der Waals surface area contributed by atoms with Gasteiger partial charge in [-0.25, -0.2) is 0 Å². The molecule has 1 aromatic carbocycles. The monoisotopic (exact) mass is 296 g/mol. The maximum absolute atomic E-state index is 12.3. The molecule has 0 aromatic heterocycles. The smallest absolute Gasteiger partial charge is 0.263 e. The summed E-state index contributed by atoms with van der Waals surface area (Å²) in [7, 11) is 1.84. The number of ether oxygens (including phenoxy) is 1. The van der Waals surface area contributed by atoms with E-state index in [4.69, 9.17) is 16.3 Å². The molecule has 0 spiro atoms. The summed E-state index contributed by atoms with van der Waals surface area (Å²) in [6.07, 6.45) is 0.496. The molecule has 2 unspecified atom stereocenters. The maximum Gasteiger partial charge on any atom is 0.263 e. The fourth-order valence-electron chi connectivity index (χ4n) is 2.38. The first-order valence-electron chi connectivity index (χ1n) is 6.89. The minimum absolute atomic E-state index is 0.00584. The van der Waals surface area contributed by atoms with Crippen LogP contribution in [-0.4, -0.2) is 43.1 Å². The van der Waals surface area contributed by atoms with E-state index in [1.165, 1.54) is 0 Å². The normalized spacial score (nSPS) is 19.7. The van der Waals surface area contributed by atoms with Crippen LogP contribution < -0.4 is 10.1 Å². The van der Waals surface area contributed by atoms with Crippen molar-refractivity contribution >= 4 is 17.5 Å². The molecular formula is C15H21ClN2O2. The first-order valence-corrected chi connectivity index (χ1v) is 7.27. The predicted molar refractivity (Wildman–Crippen MR) is 80.3 cm³/mol. The van der Waals surface area contributed by atoms with Crippen molar-refractivity contribution < 1.29 is 9.53 Å². The Balaban J connectivity index is 1.97. The Labute approximate surface area is 125 Å². The van der Waals surface area contributed by atoms with Crippen molar-refractivity contribution in [1.29, 1.82) is 0 Å². The van der Waals surface area contributed by atoms with Gasteiger partial charge in [-0.2, -0.15) is 0 Å². The summed E-state index contributed by atoms with van der Waals surface area (Å²) in [5.74, 6) is 0.678. The SMILES string of the molecule is Cc1cc(OC(C)C(=O)N(C)C2CCNC2)ccc1Cl. The molecule has 0 radical (unpaired) electrons. The van der Waals surface area contributed by atoms with E-state index >= 15 is 0 Å². The summed E-state index contributed by atoms with van der Waals surface area (Å²) in [5, 5.41) is 3.96. The number of hydrogen-bond donors (Lipinski definition) is 1. The van der Waals surface area contributed by atoms with Gasteiger partial charge in [0.1, 0.15) is 5.75 Å². The van der Waals surface area contributed by atoms with Crippen LogP contribution in [0.2, 0.25) is 5.02 Å². The molecule has 1 amide bonds. The first-order chi connectivity index (χ1) is 9.49. The molecular weight excluding hydrogens is 276 g/mol. The summed E-state index contributed by atoms with van der Waals surface area (Å²) in [4.78, 5) is 14.1. The van der Waals surface area contributed by atoms with Gasteiger partial charge in [0.25, 0.3) is 5.91 Å². The minimum atomic E-state index is -0.499. The van der Waals surface area contributed by atoms with E-state index < -0.39 is 6.10 Å². The van der Waals surface area contributed by atoms with Crippen molar-refractivity contribution in [3.63, 3.8) is 0 Å². The lowest BCUT2D eigenvalue weighted by atomic mass is 10.2. The van der Waals surface area contributed by atoms with Crippen molar-refractivity contribution in [2.24, 2.45) is 0 Å². The topological polar surface area (TPSA) is 41.6 Å². The Morgan fingerprint density at radius 2 is 2.30 bits per heavy atom. The Hall–Kier alpha value is -1.26. The molecule has 0 bridgehead atoms. The van der Waals surface area contributed by atoms with Crippen LogP contribution in [0.4, 0.5) is 0 Å². The molecule has 0 saturated carbocycles. The number of nitrogens with zero attached hydrogens (tertiary/aromatic N) is 1. The third-order valence-corrected chi connectivity index (χ3v) is 4.14. The van der Waals surface area contributed by atoms with E-state index in [0.717, 1.165) is 25.1 Å². The molecule has 1 aromatic rings. The molecule has 1 aliphatic heterocycles. The van der Waals surface area contributed by atoms with Crippen molar-refractivity contribution in [2.45, 2.75) is 32.4 Å². The van der Waals surface area contributed by atoms with Crippen molar-refractivity contribution in [2.75, 3.05) is 20.1 Å². The summed E-state index contributed by atoms with van der Waals surface area (Å²) in [6, 6.07) is 5.69. The van der Waals surface area contributed by atoms with E-state index in [-0.39, 0.29) is 11.9 Å². The largest absolute Gasteiger partial charge is 0.481 e. The number of carbonyl (C=O) groups is 1. The quantitative estimate of drug-likeness (QED) is 0.926. The number of aryl methyl sites for hydroxylation is 1. The van der Waals surface area contributed by atoms with Crippen molar-refractivity contribution in [1.82, 2.24) is 10.2 Å². The lowest BCUT2D eigenvalue weighted by molar-refractivity contribution is -0.138. The molecule has 4 nitrogen and oxygen atoms in total. The van der Waals surface area contributed by atoms with E-state index in [9.17, 15) is 4.79 Å². The molecule has 5 heteroatoms. The van der Waals surface area contributed by atoms with Gasteiger partial charge in [0.05, 0.1) is 0 Å². The summed E-state index contributed by atoms with van der Waals surface area (Å²) < 4.78 is 5.72. The van der Waals surface area contributed by atoms with Crippen LogP contribution in [0, 0.1) is 6.92 Å². The fraction of sp³-hybridized carbons (Fsp3) is 0.533. The van der Waals surface area contributed by atoms with Crippen LogP contribution >= 0.6 is 11.6 Å². The van der Waals surface area contributed by atoms with Gasteiger partial charge in [-0.1, -0.05) is 11.6 Å². The zero-order valence-corrected chi connectivity index (χ0v) is 12.9. The Morgan fingerprint density at radius 1 is 1.55 bits per heavy atom. The predicted octanol–water partition coefficient (Wildman–Crippen LogP) is 2.24. The second-order valence-electron chi connectivity index (χ2n) is 5.27. The molecule has 1 fully saturated rings. The van der Waals surface area contributed by atoms with Crippen molar-refractivity contribution in [3.8, 4) is 5.75 Å². The Morgan fingerprint density at radius 3 is 2.90 bits per heavy atom. The lowest BCUT2D eigenvalue weighted by Gasteiger charge is -2.27. The number of benzene rings is 1. The molecule has 110 valence electrons. The van der Waals surface area contributed by atoms with Gasteiger partial charge in [0.2, 0.25) is 0 Å². The third-order valence-electron chi connectivity index (χ3n) is 3.72. The fourth-order valence-corrected chi connectivity index (χ4v) is 2.50. The molecule has 1 heterocycles. The number of carbonyl (C=O) groups excluding carboxylic acids is 1. The second-order valence-corrected chi connectivity index (χ2v) is 5.67. The maximum atomic E-state index is 12.3. The zero-order chi connectivity index (χ0) is 14.7. The van der Waals surface area contributed by atoms with Gasteiger partial charge in [0.15, 0.2) is 6.10 Å². The van der Waals surface area contributed by atoms with Crippen molar-refractivity contribution in [3.05, 3.63) is 28.8 Å². The highest BCUT2D eigenvalue weighted by atomic mass is 35.5. The van der Waals surface area contributed by atoms with Crippen LogP contribution in [0.5, 0.6) is 5.75 Å². The van der Waals surface area contributed by atoms with Gasteiger partial charge in [-0.15, -0.1) is 0 Å². The average Bonchev–Trinajstić information content (AvgIpc) is 2.95. The average molecular weight is 297 g/mol. The molecule has 1 saturated heterocycles. The molecule has 20 heavy (non-hydrogen) atoms. The van der Waals surface area contributed by atoms with E-state index in [2.05, 4.69) is 5.32 Å². The van der Waals surface area contributed by atoms with Gasteiger partial charge >= 0.3 is 0 Å². The van der Waals surface area contributed by atoms with Crippen LogP contribution in [0.1, 0.15) is 18.9 Å². The zero-order valence-electron chi connectivity index (χ0n) is 12.1. The third kappa shape index (κ3) is 3.44. The number of hydrogen-bond acceptors (Lipinski definition) is 3. The van der Waals surface area contributed by atoms with Crippen LogP contribution in [0.3, 0.4) is 0 Å². The van der Waals surface area contributed by atoms with E-state index in [1.807, 2.05) is 20.0 Å². The number of rotatable bonds is 4. The molecule has 2 rings (SSSR count). The van der Waals surface area contributed by atoms with E-state index in [0.29, 0.717) is 10.8 Å². The molecule has 2 atom stereocenters. The first kappa shape index (κ1) is 15.1. The van der Waals surface area contributed by atoms with Gasteiger partial charge < -0.3 is 15.0 Å².